The zero-order valence-electron chi connectivity index (χ0n) is 11.3. The Kier molecular flexibility index (Phi) is 4.14. The lowest BCUT2D eigenvalue weighted by Crippen LogP contribution is -2.16. The van der Waals surface area contributed by atoms with E-state index < -0.39 is 15.9 Å². The van der Waals surface area contributed by atoms with Gasteiger partial charge in [0.15, 0.2) is 5.13 Å². The van der Waals surface area contributed by atoms with E-state index in [1.807, 2.05) is 0 Å². The van der Waals surface area contributed by atoms with Crippen LogP contribution in [0.4, 0.5) is 5.13 Å². The highest BCUT2D eigenvalue weighted by Gasteiger charge is 2.19. The molecule has 1 aromatic carbocycles. The van der Waals surface area contributed by atoms with E-state index in [9.17, 15) is 13.2 Å². The molecule has 112 valence electrons. The second kappa shape index (κ2) is 5.70. The lowest BCUT2D eigenvalue weighted by atomic mass is 10.2. The van der Waals surface area contributed by atoms with E-state index >= 15 is 0 Å². The summed E-state index contributed by atoms with van der Waals surface area (Å²) < 4.78 is 31.8. The van der Waals surface area contributed by atoms with E-state index in [2.05, 4.69) is 9.71 Å². The molecule has 0 aliphatic rings. The highest BCUT2D eigenvalue weighted by molar-refractivity contribution is 7.93. The Bertz CT molecular complexity index is 784. The molecule has 3 N–H and O–H groups in total. The molecule has 0 spiro atoms. The van der Waals surface area contributed by atoms with E-state index in [4.69, 9.17) is 10.5 Å². The summed E-state index contributed by atoms with van der Waals surface area (Å²) >= 11 is 1.17. The SMILES string of the molecule is COc1ccc(S(=O)(=O)Nc2nc(C)cs2)cc1C(N)=O. The van der Waals surface area contributed by atoms with E-state index in [0.29, 0.717) is 5.69 Å². The van der Waals surface area contributed by atoms with Gasteiger partial charge in [-0.2, -0.15) is 0 Å². The summed E-state index contributed by atoms with van der Waals surface area (Å²) in [6, 6.07) is 3.87. The molecule has 1 amide bonds. The highest BCUT2D eigenvalue weighted by Crippen LogP contribution is 2.24. The molecule has 2 rings (SSSR count). The number of anilines is 1. The van der Waals surface area contributed by atoms with Crippen LogP contribution in [-0.2, 0) is 10.0 Å². The predicted molar refractivity (Wildman–Crippen MR) is 79.2 cm³/mol. The maximum atomic E-state index is 12.2. The number of benzene rings is 1. The van der Waals surface area contributed by atoms with Crippen molar-refractivity contribution in [2.75, 3.05) is 11.8 Å². The molecule has 1 aromatic heterocycles. The molecule has 0 unspecified atom stereocenters. The second-order valence-electron chi connectivity index (χ2n) is 4.13. The lowest BCUT2D eigenvalue weighted by molar-refractivity contribution is 0.0997. The largest absolute Gasteiger partial charge is 0.496 e. The van der Waals surface area contributed by atoms with Crippen molar-refractivity contribution >= 4 is 32.4 Å². The monoisotopic (exact) mass is 327 g/mol. The molecule has 2 aromatic rings. The number of primary amides is 1. The summed E-state index contributed by atoms with van der Waals surface area (Å²) in [4.78, 5) is 15.3. The lowest BCUT2D eigenvalue weighted by Gasteiger charge is -2.09. The Morgan fingerprint density at radius 3 is 2.67 bits per heavy atom. The number of sulfonamides is 1. The minimum absolute atomic E-state index is 0.00399. The van der Waals surface area contributed by atoms with E-state index in [0.717, 1.165) is 0 Å². The molecule has 21 heavy (non-hydrogen) atoms. The number of nitrogens with zero attached hydrogens (tertiary/aromatic N) is 1. The Hall–Kier alpha value is -2.13. The van der Waals surface area contributed by atoms with Gasteiger partial charge >= 0.3 is 0 Å². The summed E-state index contributed by atoms with van der Waals surface area (Å²) in [5, 5.41) is 1.98. The molecule has 0 bridgehead atoms. The average Bonchev–Trinajstić information content (AvgIpc) is 2.82. The number of thiazole rings is 1. The molecule has 7 nitrogen and oxygen atoms in total. The van der Waals surface area contributed by atoms with Crippen LogP contribution in [0, 0.1) is 6.92 Å². The number of nitrogens with one attached hydrogen (secondary N) is 1. The summed E-state index contributed by atoms with van der Waals surface area (Å²) in [7, 11) is -2.48. The maximum absolute atomic E-state index is 12.2. The minimum atomic E-state index is -3.85. The summed E-state index contributed by atoms with van der Waals surface area (Å²) in [6.07, 6.45) is 0. The Balaban J connectivity index is 2.40. The van der Waals surface area contributed by atoms with Gasteiger partial charge in [-0.3, -0.25) is 9.52 Å². The molecule has 0 fully saturated rings. The third-order valence-corrected chi connectivity index (χ3v) is 4.93. The molecular weight excluding hydrogens is 314 g/mol. The number of aromatic nitrogens is 1. The van der Waals surface area contributed by atoms with Gasteiger partial charge in [-0.1, -0.05) is 0 Å². The smallest absolute Gasteiger partial charge is 0.263 e. The highest BCUT2D eigenvalue weighted by atomic mass is 32.2. The molecule has 0 atom stereocenters. The summed E-state index contributed by atoms with van der Waals surface area (Å²) in [5.74, 6) is -0.555. The van der Waals surface area contributed by atoms with Crippen molar-refractivity contribution in [3.05, 3.63) is 34.8 Å². The van der Waals surface area contributed by atoms with Gasteiger partial charge in [0.25, 0.3) is 15.9 Å². The molecule has 0 aliphatic carbocycles. The minimum Gasteiger partial charge on any atom is -0.496 e. The topological polar surface area (TPSA) is 111 Å². The Labute approximate surface area is 125 Å². The number of nitrogens with two attached hydrogens (primary N) is 1. The second-order valence-corrected chi connectivity index (χ2v) is 6.67. The van der Waals surface area contributed by atoms with Crippen molar-refractivity contribution in [2.45, 2.75) is 11.8 Å². The molecule has 0 radical (unpaired) electrons. The van der Waals surface area contributed by atoms with Crippen molar-refractivity contribution in [3.8, 4) is 5.75 Å². The fourth-order valence-electron chi connectivity index (χ4n) is 1.62. The van der Waals surface area contributed by atoms with Crippen LogP contribution in [0.1, 0.15) is 16.1 Å². The van der Waals surface area contributed by atoms with Crippen LogP contribution >= 0.6 is 11.3 Å². The third-order valence-electron chi connectivity index (χ3n) is 2.59. The van der Waals surface area contributed by atoms with Gasteiger partial charge in [0.1, 0.15) is 5.75 Å². The van der Waals surface area contributed by atoms with Crippen LogP contribution in [0.5, 0.6) is 5.75 Å². The zero-order chi connectivity index (χ0) is 15.6. The number of methoxy groups -OCH3 is 1. The first-order chi connectivity index (χ1) is 9.83. The Morgan fingerprint density at radius 2 is 2.14 bits per heavy atom. The number of hydrogen-bond acceptors (Lipinski definition) is 6. The Morgan fingerprint density at radius 1 is 1.43 bits per heavy atom. The zero-order valence-corrected chi connectivity index (χ0v) is 12.9. The molecular formula is C12H13N3O4S2. The van der Waals surface area contributed by atoms with Crippen LogP contribution in [-0.4, -0.2) is 26.4 Å². The molecule has 0 saturated carbocycles. The van der Waals surface area contributed by atoms with Gasteiger partial charge in [0.2, 0.25) is 0 Å². The van der Waals surface area contributed by atoms with Gasteiger partial charge in [-0.05, 0) is 25.1 Å². The molecule has 9 heteroatoms. The van der Waals surface area contributed by atoms with E-state index in [1.165, 1.54) is 36.6 Å². The van der Waals surface area contributed by atoms with Gasteiger partial charge in [-0.15, -0.1) is 11.3 Å². The summed E-state index contributed by atoms with van der Waals surface area (Å²) in [6.45, 7) is 1.76. The van der Waals surface area contributed by atoms with Gasteiger partial charge in [0, 0.05) is 5.38 Å². The first-order valence-corrected chi connectivity index (χ1v) is 8.12. The standard InChI is InChI=1S/C12H13N3O4S2/c1-7-6-20-12(14-7)15-21(17,18)8-3-4-10(19-2)9(5-8)11(13)16/h3-6H,1-2H3,(H2,13,16)(H,14,15). The number of carbonyl (C=O) groups excluding carboxylic acids is 1. The van der Waals surface area contributed by atoms with E-state index in [-0.39, 0.29) is 21.3 Å². The van der Waals surface area contributed by atoms with Crippen molar-refractivity contribution in [3.63, 3.8) is 0 Å². The number of rotatable bonds is 5. The molecule has 0 saturated heterocycles. The first kappa shape index (κ1) is 15.3. The number of aryl methyl sites for hydroxylation is 1. The fourth-order valence-corrected chi connectivity index (χ4v) is 3.59. The van der Waals surface area contributed by atoms with Crippen molar-refractivity contribution < 1.29 is 17.9 Å². The van der Waals surface area contributed by atoms with Crippen LogP contribution < -0.4 is 15.2 Å². The molecule has 0 aliphatic heterocycles. The van der Waals surface area contributed by atoms with Gasteiger partial charge < -0.3 is 10.5 Å². The van der Waals surface area contributed by atoms with Crippen LogP contribution in [0.2, 0.25) is 0 Å². The number of ether oxygens (including phenoxy) is 1. The van der Waals surface area contributed by atoms with Crippen LogP contribution in [0.15, 0.2) is 28.5 Å². The maximum Gasteiger partial charge on any atom is 0.263 e. The van der Waals surface area contributed by atoms with Crippen molar-refractivity contribution in [2.24, 2.45) is 5.73 Å². The quantitative estimate of drug-likeness (QED) is 0.861. The van der Waals surface area contributed by atoms with Gasteiger partial charge in [-0.25, -0.2) is 13.4 Å². The number of carbonyl (C=O) groups is 1. The average molecular weight is 327 g/mol. The first-order valence-electron chi connectivity index (χ1n) is 5.76. The molecule has 1 heterocycles. The normalized spacial score (nSPS) is 11.1. The van der Waals surface area contributed by atoms with Crippen LogP contribution in [0.25, 0.3) is 0 Å². The van der Waals surface area contributed by atoms with Gasteiger partial charge in [0.05, 0.1) is 23.3 Å². The van der Waals surface area contributed by atoms with Crippen molar-refractivity contribution in [1.29, 1.82) is 0 Å². The summed E-state index contributed by atoms with van der Waals surface area (Å²) in [5.41, 5.74) is 5.92. The fraction of sp³-hybridized carbons (Fsp3) is 0.167. The number of hydrogen-bond donors (Lipinski definition) is 2. The number of amides is 1. The van der Waals surface area contributed by atoms with Crippen LogP contribution in [0.3, 0.4) is 0 Å². The third kappa shape index (κ3) is 3.31. The van der Waals surface area contributed by atoms with E-state index in [1.54, 1.807) is 12.3 Å². The van der Waals surface area contributed by atoms with Crippen molar-refractivity contribution in [1.82, 2.24) is 4.98 Å². The predicted octanol–water partition coefficient (Wildman–Crippen LogP) is 1.36.